The van der Waals surface area contributed by atoms with E-state index in [0.29, 0.717) is 0 Å². The van der Waals surface area contributed by atoms with Crippen LogP contribution in [0.25, 0.3) is 0 Å². The molecule has 1 aromatic carbocycles. The number of rotatable bonds is 1. The van der Waals surface area contributed by atoms with E-state index in [0.717, 1.165) is 19.6 Å². The molecule has 2 rings (SSSR count). The maximum absolute atomic E-state index is 2.53. The van der Waals surface area contributed by atoms with E-state index in [2.05, 4.69) is 64.6 Å². The molecule has 1 unspecified atom stereocenters. The second-order valence-electron chi connectivity index (χ2n) is 6.57. The molecule has 1 heterocycles. The SMILES string of the molecule is Cc1cc(C)c(C)c(C2(C)CN(C)CCN2C)c1C. The lowest BCUT2D eigenvalue weighted by atomic mass is 9.79. The van der Waals surface area contributed by atoms with Gasteiger partial charge in [-0.2, -0.15) is 0 Å². The molecule has 2 nitrogen and oxygen atoms in total. The Morgan fingerprint density at radius 3 is 2.00 bits per heavy atom. The molecule has 0 saturated carbocycles. The highest BCUT2D eigenvalue weighted by molar-refractivity contribution is 5.48. The Kier molecular flexibility index (Phi) is 3.76. The molecule has 1 aromatic rings. The summed E-state index contributed by atoms with van der Waals surface area (Å²) >= 11 is 0. The summed E-state index contributed by atoms with van der Waals surface area (Å²) in [4.78, 5) is 4.98. The Bertz CT molecular complexity index is 466. The molecule has 106 valence electrons. The molecular weight excluding hydrogens is 232 g/mol. The molecule has 1 aliphatic heterocycles. The number of likely N-dealkylation sites (N-methyl/N-ethyl adjacent to an activating group) is 2. The highest BCUT2D eigenvalue weighted by Gasteiger charge is 2.38. The summed E-state index contributed by atoms with van der Waals surface area (Å²) in [6.07, 6.45) is 0. The van der Waals surface area contributed by atoms with Crippen LogP contribution in [0.2, 0.25) is 0 Å². The average molecular weight is 260 g/mol. The minimum atomic E-state index is 0.123. The van der Waals surface area contributed by atoms with E-state index in [1.807, 2.05) is 0 Å². The Balaban J connectivity index is 2.62. The van der Waals surface area contributed by atoms with Gasteiger partial charge in [0.05, 0.1) is 5.54 Å². The summed E-state index contributed by atoms with van der Waals surface area (Å²) in [5.41, 5.74) is 7.43. The molecule has 1 atom stereocenters. The maximum Gasteiger partial charge on any atom is 0.0563 e. The molecule has 1 fully saturated rings. The Labute approximate surface area is 118 Å². The second-order valence-corrected chi connectivity index (χ2v) is 6.57. The standard InChI is InChI=1S/C17H28N2/c1-12-10-13(2)15(4)16(14(12)3)17(5)11-18(6)8-9-19(17)7/h10H,8-9,11H2,1-7H3. The van der Waals surface area contributed by atoms with E-state index >= 15 is 0 Å². The Hall–Kier alpha value is -0.860. The fourth-order valence-corrected chi connectivity index (χ4v) is 3.59. The number of benzene rings is 1. The minimum Gasteiger partial charge on any atom is -0.303 e. The van der Waals surface area contributed by atoms with Gasteiger partial charge in [-0.1, -0.05) is 6.07 Å². The van der Waals surface area contributed by atoms with E-state index in [1.165, 1.54) is 22.3 Å². The van der Waals surface area contributed by atoms with Crippen molar-refractivity contribution in [3.63, 3.8) is 0 Å². The quantitative estimate of drug-likeness (QED) is 0.766. The van der Waals surface area contributed by atoms with Crippen LogP contribution in [0.5, 0.6) is 0 Å². The van der Waals surface area contributed by atoms with Crippen molar-refractivity contribution in [3.05, 3.63) is 33.9 Å². The molecule has 0 bridgehead atoms. The molecule has 0 aliphatic carbocycles. The van der Waals surface area contributed by atoms with Crippen molar-refractivity contribution in [3.8, 4) is 0 Å². The van der Waals surface area contributed by atoms with Crippen LogP contribution in [-0.4, -0.2) is 43.5 Å². The third kappa shape index (κ3) is 2.32. The van der Waals surface area contributed by atoms with Crippen LogP contribution in [0, 0.1) is 27.7 Å². The first kappa shape index (κ1) is 14.5. The van der Waals surface area contributed by atoms with E-state index in [4.69, 9.17) is 0 Å². The summed E-state index contributed by atoms with van der Waals surface area (Å²) in [5, 5.41) is 0. The normalized spacial score (nSPS) is 25.8. The van der Waals surface area contributed by atoms with Crippen LogP contribution in [0.3, 0.4) is 0 Å². The van der Waals surface area contributed by atoms with E-state index in [9.17, 15) is 0 Å². The second kappa shape index (κ2) is 4.92. The largest absolute Gasteiger partial charge is 0.303 e. The minimum absolute atomic E-state index is 0.123. The lowest BCUT2D eigenvalue weighted by Crippen LogP contribution is -2.56. The zero-order chi connectivity index (χ0) is 14.4. The predicted octanol–water partition coefficient (Wildman–Crippen LogP) is 3.01. The number of aryl methyl sites for hydroxylation is 2. The van der Waals surface area contributed by atoms with Crippen LogP contribution in [0.15, 0.2) is 6.07 Å². The summed E-state index contributed by atoms with van der Waals surface area (Å²) in [7, 11) is 4.50. The van der Waals surface area contributed by atoms with Gasteiger partial charge in [0, 0.05) is 19.6 Å². The van der Waals surface area contributed by atoms with Gasteiger partial charge < -0.3 is 4.90 Å². The fraction of sp³-hybridized carbons (Fsp3) is 0.647. The molecule has 0 aromatic heterocycles. The zero-order valence-corrected chi connectivity index (χ0v) is 13.6. The van der Waals surface area contributed by atoms with Crippen LogP contribution in [0.4, 0.5) is 0 Å². The zero-order valence-electron chi connectivity index (χ0n) is 13.6. The van der Waals surface area contributed by atoms with Crippen LogP contribution in [-0.2, 0) is 5.54 Å². The van der Waals surface area contributed by atoms with E-state index < -0.39 is 0 Å². The van der Waals surface area contributed by atoms with Crippen molar-refractivity contribution < 1.29 is 0 Å². The van der Waals surface area contributed by atoms with Crippen molar-refractivity contribution >= 4 is 0 Å². The summed E-state index contributed by atoms with van der Waals surface area (Å²) < 4.78 is 0. The Morgan fingerprint density at radius 1 is 0.947 bits per heavy atom. The number of hydrogen-bond acceptors (Lipinski definition) is 2. The van der Waals surface area contributed by atoms with Gasteiger partial charge in [0.25, 0.3) is 0 Å². The van der Waals surface area contributed by atoms with Crippen molar-refractivity contribution in [2.75, 3.05) is 33.7 Å². The first-order valence-corrected chi connectivity index (χ1v) is 7.25. The van der Waals surface area contributed by atoms with Crippen molar-refractivity contribution in [2.45, 2.75) is 40.2 Å². The van der Waals surface area contributed by atoms with Crippen LogP contribution >= 0.6 is 0 Å². The third-order valence-corrected chi connectivity index (χ3v) is 5.14. The van der Waals surface area contributed by atoms with Crippen LogP contribution < -0.4 is 0 Å². The summed E-state index contributed by atoms with van der Waals surface area (Å²) in [6, 6.07) is 2.32. The molecule has 1 aliphatic rings. The maximum atomic E-state index is 2.53. The summed E-state index contributed by atoms with van der Waals surface area (Å²) in [6.45, 7) is 14.8. The van der Waals surface area contributed by atoms with Gasteiger partial charge in [0.15, 0.2) is 0 Å². The van der Waals surface area contributed by atoms with Gasteiger partial charge in [0.2, 0.25) is 0 Å². The molecule has 2 heteroatoms. The van der Waals surface area contributed by atoms with Gasteiger partial charge in [0.1, 0.15) is 0 Å². The van der Waals surface area contributed by atoms with E-state index in [-0.39, 0.29) is 5.54 Å². The van der Waals surface area contributed by atoms with Crippen molar-refractivity contribution in [1.82, 2.24) is 9.80 Å². The molecule has 0 spiro atoms. The fourth-order valence-electron chi connectivity index (χ4n) is 3.59. The van der Waals surface area contributed by atoms with E-state index in [1.54, 1.807) is 5.56 Å². The Morgan fingerprint density at radius 2 is 1.47 bits per heavy atom. The predicted molar refractivity (Wildman–Crippen MR) is 82.9 cm³/mol. The van der Waals surface area contributed by atoms with Gasteiger partial charge in [-0.05, 0) is 76.5 Å². The van der Waals surface area contributed by atoms with Gasteiger partial charge in [-0.15, -0.1) is 0 Å². The molecular formula is C17H28N2. The van der Waals surface area contributed by atoms with Crippen molar-refractivity contribution in [2.24, 2.45) is 0 Å². The molecule has 0 amide bonds. The van der Waals surface area contributed by atoms with Gasteiger partial charge >= 0.3 is 0 Å². The topological polar surface area (TPSA) is 6.48 Å². The lowest BCUT2D eigenvalue weighted by Gasteiger charge is -2.48. The first-order chi connectivity index (χ1) is 8.77. The summed E-state index contributed by atoms with van der Waals surface area (Å²) in [5.74, 6) is 0. The lowest BCUT2D eigenvalue weighted by molar-refractivity contribution is 0.0370. The molecule has 0 radical (unpaired) electrons. The highest BCUT2D eigenvalue weighted by atomic mass is 15.3. The van der Waals surface area contributed by atoms with Gasteiger partial charge in [-0.3, -0.25) is 4.90 Å². The van der Waals surface area contributed by atoms with Gasteiger partial charge in [-0.25, -0.2) is 0 Å². The third-order valence-electron chi connectivity index (χ3n) is 5.14. The molecule has 0 N–H and O–H groups in total. The highest BCUT2D eigenvalue weighted by Crippen LogP contribution is 2.37. The van der Waals surface area contributed by atoms with Crippen LogP contribution in [0.1, 0.15) is 34.7 Å². The first-order valence-electron chi connectivity index (χ1n) is 7.25. The number of nitrogens with zero attached hydrogens (tertiary/aromatic N) is 2. The monoisotopic (exact) mass is 260 g/mol. The average Bonchev–Trinajstić information content (AvgIpc) is 2.32. The molecule has 19 heavy (non-hydrogen) atoms. The number of piperazine rings is 1. The molecule has 1 saturated heterocycles. The van der Waals surface area contributed by atoms with Crippen molar-refractivity contribution in [1.29, 1.82) is 0 Å². The smallest absolute Gasteiger partial charge is 0.0563 e. The number of hydrogen-bond donors (Lipinski definition) is 0.